The number of hydrogen-bond acceptors (Lipinski definition) is 4. The van der Waals surface area contributed by atoms with Gasteiger partial charge in [0.25, 0.3) is 0 Å². The van der Waals surface area contributed by atoms with Crippen molar-refractivity contribution in [1.29, 1.82) is 0 Å². The summed E-state index contributed by atoms with van der Waals surface area (Å²) in [5.41, 5.74) is -0.607. The summed E-state index contributed by atoms with van der Waals surface area (Å²) in [4.78, 5) is 10.8. The molecule has 0 unspecified atom stereocenters. The summed E-state index contributed by atoms with van der Waals surface area (Å²) in [6, 6.07) is 2.07. The van der Waals surface area contributed by atoms with E-state index in [0.717, 1.165) is 6.07 Å². The van der Waals surface area contributed by atoms with Gasteiger partial charge in [0, 0.05) is 24.6 Å². The lowest BCUT2D eigenvalue weighted by Crippen LogP contribution is -2.38. The molecular weight excluding hydrogens is 305 g/mol. The van der Waals surface area contributed by atoms with Crippen molar-refractivity contribution < 1.29 is 22.7 Å². The standard InChI is InChI=1S/C12H14FNO4S2/c1-8-6-9(7-10(11(8)13)12(15)16)20(17,18)14-2-4-19-5-3-14/h6-7H,2-5H2,1H3,(H,15,16). The van der Waals surface area contributed by atoms with Crippen LogP contribution in [-0.4, -0.2) is 48.4 Å². The quantitative estimate of drug-likeness (QED) is 0.915. The van der Waals surface area contributed by atoms with Gasteiger partial charge in [0.05, 0.1) is 10.5 Å². The Morgan fingerprint density at radius 2 is 1.95 bits per heavy atom. The van der Waals surface area contributed by atoms with Gasteiger partial charge in [0.15, 0.2) is 0 Å². The Bertz CT molecular complexity index is 639. The zero-order valence-electron chi connectivity index (χ0n) is 10.8. The minimum Gasteiger partial charge on any atom is -0.478 e. The van der Waals surface area contributed by atoms with E-state index in [1.54, 1.807) is 11.8 Å². The summed E-state index contributed by atoms with van der Waals surface area (Å²) in [5, 5.41) is 8.94. The van der Waals surface area contributed by atoms with E-state index in [4.69, 9.17) is 5.11 Å². The molecule has 8 heteroatoms. The van der Waals surface area contributed by atoms with Crippen LogP contribution in [-0.2, 0) is 10.0 Å². The molecule has 0 amide bonds. The number of carboxylic acids is 1. The van der Waals surface area contributed by atoms with Gasteiger partial charge in [-0.05, 0) is 24.6 Å². The molecule has 1 aliphatic rings. The maximum Gasteiger partial charge on any atom is 0.338 e. The second-order valence-electron chi connectivity index (χ2n) is 4.42. The van der Waals surface area contributed by atoms with Crippen molar-refractivity contribution in [1.82, 2.24) is 4.31 Å². The van der Waals surface area contributed by atoms with Gasteiger partial charge in [0.2, 0.25) is 10.0 Å². The monoisotopic (exact) mass is 319 g/mol. The molecule has 0 saturated carbocycles. The Balaban J connectivity index is 2.49. The van der Waals surface area contributed by atoms with Gasteiger partial charge in [-0.15, -0.1) is 0 Å². The van der Waals surface area contributed by atoms with E-state index in [0.29, 0.717) is 24.6 Å². The average Bonchev–Trinajstić information content (AvgIpc) is 2.42. The third-order valence-corrected chi connectivity index (χ3v) is 5.89. The van der Waals surface area contributed by atoms with Crippen molar-refractivity contribution in [3.05, 3.63) is 29.1 Å². The van der Waals surface area contributed by atoms with Gasteiger partial charge in [-0.3, -0.25) is 0 Å². The third kappa shape index (κ3) is 2.82. The number of halogens is 1. The molecule has 0 spiro atoms. The normalized spacial score (nSPS) is 17.1. The Labute approximate surface area is 120 Å². The molecule has 0 atom stereocenters. The molecule has 1 aromatic rings. The van der Waals surface area contributed by atoms with Crippen molar-refractivity contribution in [2.45, 2.75) is 11.8 Å². The van der Waals surface area contributed by atoms with E-state index in [9.17, 15) is 17.6 Å². The van der Waals surface area contributed by atoms with Crippen LogP contribution in [0.2, 0.25) is 0 Å². The highest BCUT2D eigenvalue weighted by Gasteiger charge is 2.28. The SMILES string of the molecule is Cc1cc(S(=O)(=O)N2CCSCC2)cc(C(=O)O)c1F. The second-order valence-corrected chi connectivity index (χ2v) is 7.59. The number of carboxylic acid groups (broad SMARTS) is 1. The predicted octanol–water partition coefficient (Wildman–Crippen LogP) is 1.57. The number of rotatable bonds is 3. The Morgan fingerprint density at radius 1 is 1.35 bits per heavy atom. The van der Waals surface area contributed by atoms with Gasteiger partial charge >= 0.3 is 5.97 Å². The molecule has 20 heavy (non-hydrogen) atoms. The maximum absolute atomic E-state index is 13.7. The first-order valence-corrected chi connectivity index (χ1v) is 8.55. The smallest absolute Gasteiger partial charge is 0.338 e. The second kappa shape index (κ2) is 5.71. The largest absolute Gasteiger partial charge is 0.478 e. The molecule has 0 aromatic heterocycles. The third-order valence-electron chi connectivity index (χ3n) is 3.07. The molecule has 1 saturated heterocycles. The molecule has 1 N–H and O–H groups in total. The lowest BCUT2D eigenvalue weighted by atomic mass is 10.1. The van der Waals surface area contributed by atoms with Gasteiger partial charge in [-0.1, -0.05) is 0 Å². The number of sulfonamides is 1. The molecule has 1 aliphatic heterocycles. The first kappa shape index (κ1) is 15.3. The molecule has 5 nitrogen and oxygen atoms in total. The molecule has 0 aliphatic carbocycles. The maximum atomic E-state index is 13.7. The molecule has 0 radical (unpaired) electrons. The van der Waals surface area contributed by atoms with E-state index in [1.807, 2.05) is 0 Å². The minimum atomic E-state index is -3.77. The van der Waals surface area contributed by atoms with Crippen LogP contribution < -0.4 is 0 Å². The van der Waals surface area contributed by atoms with Crippen molar-refractivity contribution in [3.8, 4) is 0 Å². The lowest BCUT2D eigenvalue weighted by Gasteiger charge is -2.25. The zero-order valence-corrected chi connectivity index (χ0v) is 12.4. The van der Waals surface area contributed by atoms with Crippen LogP contribution in [0.5, 0.6) is 0 Å². The van der Waals surface area contributed by atoms with Crippen LogP contribution in [0.25, 0.3) is 0 Å². The molecule has 110 valence electrons. The van der Waals surface area contributed by atoms with Crippen LogP contribution in [0.1, 0.15) is 15.9 Å². The highest BCUT2D eigenvalue weighted by Crippen LogP contribution is 2.24. The topological polar surface area (TPSA) is 74.7 Å². The summed E-state index contributed by atoms with van der Waals surface area (Å²) >= 11 is 1.66. The van der Waals surface area contributed by atoms with E-state index in [2.05, 4.69) is 0 Å². The molecule has 1 heterocycles. The number of nitrogens with zero attached hydrogens (tertiary/aromatic N) is 1. The average molecular weight is 319 g/mol. The number of thioether (sulfide) groups is 1. The number of aryl methyl sites for hydroxylation is 1. The summed E-state index contributed by atoms with van der Waals surface area (Å²) in [7, 11) is -3.77. The molecule has 0 bridgehead atoms. The summed E-state index contributed by atoms with van der Waals surface area (Å²) in [6.45, 7) is 2.12. The van der Waals surface area contributed by atoms with E-state index >= 15 is 0 Å². The molecule has 1 fully saturated rings. The Hall–Kier alpha value is -1.12. The summed E-state index contributed by atoms with van der Waals surface area (Å²) in [6.07, 6.45) is 0. The fourth-order valence-corrected chi connectivity index (χ4v) is 4.67. The molecular formula is C12H14FNO4S2. The Kier molecular flexibility index (Phi) is 4.36. The first-order chi connectivity index (χ1) is 9.34. The van der Waals surface area contributed by atoms with Crippen LogP contribution >= 0.6 is 11.8 Å². The van der Waals surface area contributed by atoms with Crippen molar-refractivity contribution in [2.24, 2.45) is 0 Å². The predicted molar refractivity (Wildman–Crippen MR) is 74.2 cm³/mol. The first-order valence-electron chi connectivity index (χ1n) is 5.95. The fourth-order valence-electron chi connectivity index (χ4n) is 1.98. The zero-order chi connectivity index (χ0) is 14.9. The van der Waals surface area contributed by atoms with Gasteiger partial charge in [-0.25, -0.2) is 17.6 Å². The number of carbonyl (C=O) groups is 1. The van der Waals surface area contributed by atoms with Gasteiger partial charge in [0.1, 0.15) is 5.82 Å². The molecule has 2 rings (SSSR count). The minimum absolute atomic E-state index is 0.00913. The van der Waals surface area contributed by atoms with Gasteiger partial charge < -0.3 is 5.11 Å². The highest BCUT2D eigenvalue weighted by molar-refractivity contribution is 7.99. The van der Waals surface area contributed by atoms with Gasteiger partial charge in [-0.2, -0.15) is 16.1 Å². The van der Waals surface area contributed by atoms with Crippen molar-refractivity contribution in [3.63, 3.8) is 0 Å². The van der Waals surface area contributed by atoms with E-state index in [-0.39, 0.29) is 10.5 Å². The van der Waals surface area contributed by atoms with E-state index in [1.165, 1.54) is 17.3 Å². The van der Waals surface area contributed by atoms with E-state index < -0.39 is 27.4 Å². The Morgan fingerprint density at radius 3 is 2.50 bits per heavy atom. The lowest BCUT2D eigenvalue weighted by molar-refractivity contribution is 0.0691. The fraction of sp³-hybridized carbons (Fsp3) is 0.417. The number of hydrogen-bond donors (Lipinski definition) is 1. The van der Waals surface area contributed by atoms with Crippen molar-refractivity contribution >= 4 is 27.8 Å². The number of benzene rings is 1. The molecule has 1 aromatic carbocycles. The van der Waals surface area contributed by atoms with Crippen LogP contribution in [0.3, 0.4) is 0 Å². The highest BCUT2D eigenvalue weighted by atomic mass is 32.2. The van der Waals surface area contributed by atoms with Crippen LogP contribution in [0.15, 0.2) is 17.0 Å². The summed E-state index contributed by atoms with van der Waals surface area (Å²) < 4.78 is 39.8. The van der Waals surface area contributed by atoms with Crippen molar-refractivity contribution in [2.75, 3.05) is 24.6 Å². The van der Waals surface area contributed by atoms with Crippen LogP contribution in [0, 0.1) is 12.7 Å². The van der Waals surface area contributed by atoms with Crippen LogP contribution in [0.4, 0.5) is 4.39 Å². The summed E-state index contributed by atoms with van der Waals surface area (Å²) in [5.74, 6) is -0.973. The number of aromatic carboxylic acids is 1.